The molecule has 0 aromatic carbocycles. The highest BCUT2D eigenvalue weighted by Crippen LogP contribution is 1.99. The Hall–Kier alpha value is -2.11. The van der Waals surface area contributed by atoms with Gasteiger partial charge in [-0.15, -0.1) is 0 Å². The van der Waals surface area contributed by atoms with Crippen LogP contribution in [0.2, 0.25) is 0 Å². The maximum absolute atomic E-state index is 10.6. The fraction of sp³-hybridized carbons (Fsp3) is 0. The Bertz CT molecular complexity index is 298. The van der Waals surface area contributed by atoms with Crippen molar-refractivity contribution in [1.82, 2.24) is 0 Å². The molecular weight excluding hydrogens is 180 g/mol. The first-order valence-electron chi connectivity index (χ1n) is 2.98. The first-order chi connectivity index (χ1) is 6.00. The average Bonchev–Trinajstić information content (AvgIpc) is 2.04. The summed E-state index contributed by atoms with van der Waals surface area (Å²) in [6, 6.07) is 0. The first kappa shape index (κ1) is 10.9. The number of carboxylic acid groups (broad SMARTS) is 2. The molecule has 6 nitrogen and oxygen atoms in total. The lowest BCUT2D eigenvalue weighted by atomic mass is 10.2. The summed E-state index contributed by atoms with van der Waals surface area (Å²) in [4.78, 5) is 29.9. The van der Waals surface area contributed by atoms with Crippen molar-refractivity contribution in [1.29, 1.82) is 0 Å². The van der Waals surface area contributed by atoms with Crippen LogP contribution in [0, 0.1) is 0 Å². The standard InChI is InChI=1S/C7H6O6/c8-3-1-2-4(6(10)11)5(9)7(12)13/h1-3,9H,(H,10,11)(H,12,13)/p-2/b2-1+,5-4+. The zero-order valence-electron chi connectivity index (χ0n) is 6.22. The van der Waals surface area contributed by atoms with Crippen LogP contribution in [-0.4, -0.2) is 23.3 Å². The van der Waals surface area contributed by atoms with Crippen LogP contribution in [0.1, 0.15) is 0 Å². The third kappa shape index (κ3) is 3.19. The van der Waals surface area contributed by atoms with E-state index in [1.807, 2.05) is 0 Å². The Balaban J connectivity index is 5.11. The SMILES string of the molecule is O=C/C=C/C(C(=O)[O-])=C(\[O-])C(=O)O. The van der Waals surface area contributed by atoms with Crippen LogP contribution in [0.4, 0.5) is 0 Å². The number of carboxylic acids is 2. The van der Waals surface area contributed by atoms with Gasteiger partial charge in [-0.25, -0.2) is 4.79 Å². The molecule has 0 saturated carbocycles. The molecule has 0 unspecified atom stereocenters. The van der Waals surface area contributed by atoms with Crippen LogP contribution in [-0.2, 0) is 14.4 Å². The molecule has 0 aliphatic carbocycles. The average molecular weight is 184 g/mol. The molecule has 13 heavy (non-hydrogen) atoms. The lowest BCUT2D eigenvalue weighted by Crippen LogP contribution is -2.29. The fourth-order valence-electron chi connectivity index (χ4n) is 0.487. The molecule has 0 heterocycles. The molecule has 0 rings (SSSR count). The smallest absolute Gasteiger partial charge is 0.321 e. The maximum Gasteiger partial charge on any atom is 0.321 e. The third-order valence-corrected chi connectivity index (χ3v) is 1.00. The predicted molar refractivity (Wildman–Crippen MR) is 34.9 cm³/mol. The quantitative estimate of drug-likeness (QED) is 0.218. The van der Waals surface area contributed by atoms with Gasteiger partial charge < -0.3 is 20.1 Å². The number of hydrogen-bond donors (Lipinski definition) is 1. The van der Waals surface area contributed by atoms with E-state index in [1.54, 1.807) is 0 Å². The van der Waals surface area contributed by atoms with Crippen LogP contribution in [0.5, 0.6) is 0 Å². The molecule has 0 spiro atoms. The van der Waals surface area contributed by atoms with Gasteiger partial charge in [-0.05, 0) is 17.4 Å². The molecule has 0 aromatic heterocycles. The van der Waals surface area contributed by atoms with Crippen LogP contribution in [0.3, 0.4) is 0 Å². The van der Waals surface area contributed by atoms with Crippen LogP contribution in [0.15, 0.2) is 23.5 Å². The molecule has 0 amide bonds. The Kier molecular flexibility index (Phi) is 3.94. The second-order valence-corrected chi connectivity index (χ2v) is 1.83. The molecule has 0 fully saturated rings. The van der Waals surface area contributed by atoms with Gasteiger partial charge >= 0.3 is 5.97 Å². The molecule has 70 valence electrons. The van der Waals surface area contributed by atoms with Gasteiger partial charge in [0.15, 0.2) is 0 Å². The van der Waals surface area contributed by atoms with Crippen molar-refractivity contribution in [2.45, 2.75) is 0 Å². The Labute approximate surface area is 72.4 Å². The molecule has 0 radical (unpaired) electrons. The predicted octanol–water partition coefficient (Wildman–Crippen LogP) is -2.81. The van der Waals surface area contributed by atoms with Gasteiger partial charge in [-0.3, -0.25) is 4.79 Å². The van der Waals surface area contributed by atoms with E-state index >= 15 is 0 Å². The van der Waals surface area contributed by atoms with Crippen molar-refractivity contribution in [2.75, 3.05) is 0 Å². The van der Waals surface area contributed by atoms with Gasteiger partial charge in [0, 0.05) is 0 Å². The molecule has 0 aliphatic rings. The van der Waals surface area contributed by atoms with Gasteiger partial charge in [-0.1, -0.05) is 6.08 Å². The van der Waals surface area contributed by atoms with Crippen LogP contribution in [0.25, 0.3) is 0 Å². The molecule has 0 aromatic rings. The van der Waals surface area contributed by atoms with Crippen LogP contribution < -0.4 is 10.2 Å². The van der Waals surface area contributed by atoms with E-state index in [-0.39, 0.29) is 6.29 Å². The molecule has 0 saturated heterocycles. The number of hydrogen-bond acceptors (Lipinski definition) is 5. The summed E-state index contributed by atoms with van der Waals surface area (Å²) >= 11 is 0. The monoisotopic (exact) mass is 184 g/mol. The molecule has 0 bridgehead atoms. The van der Waals surface area contributed by atoms with E-state index in [9.17, 15) is 24.6 Å². The summed E-state index contributed by atoms with van der Waals surface area (Å²) in [6.07, 6.45) is 1.46. The zero-order valence-corrected chi connectivity index (χ0v) is 6.22. The maximum atomic E-state index is 10.6. The van der Waals surface area contributed by atoms with E-state index in [0.717, 1.165) is 0 Å². The lowest BCUT2D eigenvalue weighted by Gasteiger charge is -2.12. The van der Waals surface area contributed by atoms with E-state index < -0.39 is 23.3 Å². The number of allylic oxidation sites excluding steroid dienone is 1. The lowest BCUT2D eigenvalue weighted by molar-refractivity contribution is -0.313. The summed E-state index contributed by atoms with van der Waals surface area (Å²) in [7, 11) is 0. The second kappa shape index (κ2) is 4.70. The fourth-order valence-corrected chi connectivity index (χ4v) is 0.487. The van der Waals surface area contributed by atoms with Gasteiger partial charge in [0.1, 0.15) is 6.29 Å². The van der Waals surface area contributed by atoms with Crippen molar-refractivity contribution < 1.29 is 29.7 Å². The summed E-state index contributed by atoms with van der Waals surface area (Å²) in [5, 5.41) is 28.8. The summed E-state index contributed by atoms with van der Waals surface area (Å²) < 4.78 is 0. The third-order valence-electron chi connectivity index (χ3n) is 1.00. The van der Waals surface area contributed by atoms with Gasteiger partial charge in [0.2, 0.25) is 0 Å². The molecule has 1 N–H and O–H groups in total. The summed E-state index contributed by atoms with van der Waals surface area (Å²) in [6.45, 7) is 0. The second-order valence-electron chi connectivity index (χ2n) is 1.83. The van der Waals surface area contributed by atoms with Gasteiger partial charge in [-0.2, -0.15) is 0 Å². The topological polar surface area (TPSA) is 118 Å². The first-order valence-corrected chi connectivity index (χ1v) is 2.98. The van der Waals surface area contributed by atoms with Crippen molar-refractivity contribution >= 4 is 18.2 Å². The zero-order chi connectivity index (χ0) is 10.4. The molecule has 0 atom stereocenters. The van der Waals surface area contributed by atoms with Crippen molar-refractivity contribution in [3.05, 3.63) is 23.5 Å². The Morgan fingerprint density at radius 3 is 2.08 bits per heavy atom. The highest BCUT2D eigenvalue weighted by molar-refractivity contribution is 5.98. The van der Waals surface area contributed by atoms with E-state index in [4.69, 9.17) is 5.11 Å². The van der Waals surface area contributed by atoms with Crippen LogP contribution >= 0.6 is 0 Å². The molecule has 6 heteroatoms. The van der Waals surface area contributed by atoms with E-state index in [1.165, 1.54) is 0 Å². The summed E-state index contributed by atoms with van der Waals surface area (Å²) in [5.74, 6) is -5.49. The highest BCUT2D eigenvalue weighted by Gasteiger charge is 2.01. The summed E-state index contributed by atoms with van der Waals surface area (Å²) in [5.41, 5.74) is -1.07. The minimum Gasteiger partial charge on any atom is -0.867 e. The normalized spacial score (nSPS) is 12.3. The van der Waals surface area contributed by atoms with Gasteiger partial charge in [0.25, 0.3) is 0 Å². The highest BCUT2D eigenvalue weighted by atomic mass is 16.4. The Morgan fingerprint density at radius 2 is 1.77 bits per heavy atom. The number of aliphatic carboxylic acids is 2. The minimum absolute atomic E-state index is 0.206. The molecule has 0 aliphatic heterocycles. The number of carbonyl (C=O) groups is 3. The van der Waals surface area contributed by atoms with Crippen molar-refractivity contribution in [3.63, 3.8) is 0 Å². The number of rotatable bonds is 4. The van der Waals surface area contributed by atoms with E-state index in [2.05, 4.69) is 0 Å². The largest absolute Gasteiger partial charge is 0.867 e. The van der Waals surface area contributed by atoms with E-state index in [0.29, 0.717) is 12.2 Å². The van der Waals surface area contributed by atoms with Crippen molar-refractivity contribution in [3.8, 4) is 0 Å². The molecular formula is C7H4O6-2. The Morgan fingerprint density at radius 1 is 1.23 bits per heavy atom. The minimum atomic E-state index is -1.94. The number of carbonyl (C=O) groups excluding carboxylic acids is 2. The van der Waals surface area contributed by atoms with Crippen molar-refractivity contribution in [2.24, 2.45) is 0 Å². The van der Waals surface area contributed by atoms with Gasteiger partial charge in [0.05, 0.1) is 5.97 Å². The number of aldehydes is 1.